The molecular formula is C18H26N4O2. The summed E-state index contributed by atoms with van der Waals surface area (Å²) >= 11 is 0. The summed E-state index contributed by atoms with van der Waals surface area (Å²) in [6.07, 6.45) is 2.88. The zero-order valence-electron chi connectivity index (χ0n) is 14.5. The second kappa shape index (κ2) is 9.05. The molecule has 1 aromatic carbocycles. The Morgan fingerprint density at radius 3 is 2.54 bits per heavy atom. The van der Waals surface area contributed by atoms with Crippen LogP contribution in [0.3, 0.4) is 0 Å². The summed E-state index contributed by atoms with van der Waals surface area (Å²) in [6, 6.07) is 7.78. The van der Waals surface area contributed by atoms with Gasteiger partial charge in [-0.2, -0.15) is 0 Å². The Kier molecular flexibility index (Phi) is 6.78. The molecule has 130 valence electrons. The largest absolute Gasteiger partial charge is 0.356 e. The van der Waals surface area contributed by atoms with Gasteiger partial charge in [0, 0.05) is 25.9 Å². The van der Waals surface area contributed by atoms with Gasteiger partial charge in [-0.1, -0.05) is 26.0 Å². The van der Waals surface area contributed by atoms with Crippen LogP contribution in [0.2, 0.25) is 0 Å². The number of imidazole rings is 1. The number of para-hydroxylation sites is 2. The maximum atomic E-state index is 12.1. The molecule has 1 heterocycles. The molecule has 2 amide bonds. The Hall–Kier alpha value is -2.37. The molecule has 24 heavy (non-hydrogen) atoms. The van der Waals surface area contributed by atoms with E-state index in [0.29, 0.717) is 25.9 Å². The van der Waals surface area contributed by atoms with Crippen LogP contribution in [0.15, 0.2) is 24.3 Å². The van der Waals surface area contributed by atoms with Crippen LogP contribution in [0.4, 0.5) is 0 Å². The van der Waals surface area contributed by atoms with Crippen molar-refractivity contribution in [3.8, 4) is 0 Å². The summed E-state index contributed by atoms with van der Waals surface area (Å²) in [5, 5.41) is 5.79. The van der Waals surface area contributed by atoms with Gasteiger partial charge < -0.3 is 15.2 Å². The molecule has 2 rings (SSSR count). The normalized spacial score (nSPS) is 10.8. The third-order valence-corrected chi connectivity index (χ3v) is 3.76. The fourth-order valence-electron chi connectivity index (χ4n) is 2.59. The van der Waals surface area contributed by atoms with Gasteiger partial charge in [-0.3, -0.25) is 9.59 Å². The second-order valence-corrected chi connectivity index (χ2v) is 5.80. The van der Waals surface area contributed by atoms with E-state index in [1.54, 1.807) is 0 Å². The van der Waals surface area contributed by atoms with E-state index in [2.05, 4.69) is 15.6 Å². The summed E-state index contributed by atoms with van der Waals surface area (Å²) in [4.78, 5) is 28.3. The van der Waals surface area contributed by atoms with Crippen molar-refractivity contribution in [2.75, 3.05) is 13.1 Å². The molecule has 2 aromatic rings. The van der Waals surface area contributed by atoms with Crippen LogP contribution in [0.1, 0.15) is 38.9 Å². The third-order valence-electron chi connectivity index (χ3n) is 3.76. The van der Waals surface area contributed by atoms with Crippen LogP contribution in [-0.2, 0) is 22.6 Å². The fourth-order valence-corrected chi connectivity index (χ4v) is 2.59. The first-order chi connectivity index (χ1) is 11.7. The number of rotatable bonds is 9. The third kappa shape index (κ3) is 4.81. The number of hydrogen-bond acceptors (Lipinski definition) is 3. The lowest BCUT2D eigenvalue weighted by Crippen LogP contribution is -2.30. The van der Waals surface area contributed by atoms with E-state index in [4.69, 9.17) is 0 Å². The molecule has 0 radical (unpaired) electrons. The van der Waals surface area contributed by atoms with Crippen LogP contribution in [0.5, 0.6) is 0 Å². The average molecular weight is 330 g/mol. The van der Waals surface area contributed by atoms with E-state index in [9.17, 15) is 9.59 Å². The molecule has 0 spiro atoms. The summed E-state index contributed by atoms with van der Waals surface area (Å²) < 4.78 is 1.94. The van der Waals surface area contributed by atoms with E-state index in [-0.39, 0.29) is 18.4 Å². The molecule has 2 N–H and O–H groups in total. The van der Waals surface area contributed by atoms with Gasteiger partial charge in [0.25, 0.3) is 0 Å². The molecule has 0 fully saturated rings. The number of nitrogens with zero attached hydrogens (tertiary/aromatic N) is 2. The predicted molar refractivity (Wildman–Crippen MR) is 94.7 cm³/mol. The molecule has 0 saturated heterocycles. The first-order valence-electron chi connectivity index (χ1n) is 8.63. The van der Waals surface area contributed by atoms with Crippen molar-refractivity contribution in [1.82, 2.24) is 20.2 Å². The standard InChI is InChI=1S/C18H26N4O2/c1-3-7-17(23)20-12-10-16-21-14-8-5-6-9-15(14)22(16)13-18(24)19-11-4-2/h5-6,8-9H,3-4,7,10-13H2,1-2H3,(H,19,24)(H,20,23). The summed E-state index contributed by atoms with van der Waals surface area (Å²) in [7, 11) is 0. The van der Waals surface area contributed by atoms with Crippen LogP contribution in [-0.4, -0.2) is 34.5 Å². The topological polar surface area (TPSA) is 76.0 Å². The van der Waals surface area contributed by atoms with Gasteiger partial charge in [0.2, 0.25) is 11.8 Å². The Morgan fingerprint density at radius 2 is 1.79 bits per heavy atom. The molecule has 0 bridgehead atoms. The lowest BCUT2D eigenvalue weighted by molar-refractivity contribution is -0.122. The van der Waals surface area contributed by atoms with Gasteiger partial charge in [-0.25, -0.2) is 4.98 Å². The van der Waals surface area contributed by atoms with Gasteiger partial charge in [-0.05, 0) is 25.0 Å². The Labute approximate surface area is 142 Å². The number of amides is 2. The molecular weight excluding hydrogens is 304 g/mol. The van der Waals surface area contributed by atoms with Gasteiger partial charge >= 0.3 is 0 Å². The van der Waals surface area contributed by atoms with E-state index < -0.39 is 0 Å². The summed E-state index contributed by atoms with van der Waals surface area (Å²) in [6.45, 7) is 5.45. The molecule has 6 heteroatoms. The van der Waals surface area contributed by atoms with Crippen LogP contribution in [0.25, 0.3) is 11.0 Å². The van der Waals surface area contributed by atoms with E-state index in [1.807, 2.05) is 42.7 Å². The fraction of sp³-hybridized carbons (Fsp3) is 0.500. The number of carbonyl (C=O) groups excluding carboxylic acids is 2. The number of aromatic nitrogens is 2. The SMILES string of the molecule is CCCNC(=O)Cn1c(CCNC(=O)CCC)nc2ccccc21. The van der Waals surface area contributed by atoms with Crippen LogP contribution in [0, 0.1) is 0 Å². The molecule has 0 aliphatic rings. The van der Waals surface area contributed by atoms with Crippen molar-refractivity contribution in [2.45, 2.75) is 46.1 Å². The van der Waals surface area contributed by atoms with E-state index >= 15 is 0 Å². The van der Waals surface area contributed by atoms with E-state index in [0.717, 1.165) is 29.7 Å². The maximum absolute atomic E-state index is 12.1. The van der Waals surface area contributed by atoms with Gasteiger partial charge in [0.05, 0.1) is 11.0 Å². The minimum absolute atomic E-state index is 0.0173. The molecule has 1 aromatic heterocycles. The Morgan fingerprint density at radius 1 is 1.04 bits per heavy atom. The van der Waals surface area contributed by atoms with Crippen molar-refractivity contribution in [3.05, 3.63) is 30.1 Å². The number of nitrogens with one attached hydrogen (secondary N) is 2. The van der Waals surface area contributed by atoms with Crippen molar-refractivity contribution in [3.63, 3.8) is 0 Å². The average Bonchev–Trinajstić information content (AvgIpc) is 2.91. The number of fused-ring (bicyclic) bond motifs is 1. The molecule has 0 saturated carbocycles. The smallest absolute Gasteiger partial charge is 0.240 e. The highest BCUT2D eigenvalue weighted by Gasteiger charge is 2.13. The highest BCUT2D eigenvalue weighted by molar-refractivity contribution is 5.81. The molecule has 0 aliphatic heterocycles. The van der Waals surface area contributed by atoms with E-state index in [1.165, 1.54) is 0 Å². The molecule has 0 atom stereocenters. The Balaban J connectivity index is 2.11. The van der Waals surface area contributed by atoms with Crippen LogP contribution >= 0.6 is 0 Å². The zero-order chi connectivity index (χ0) is 17.4. The van der Waals surface area contributed by atoms with Gasteiger partial charge in [0.1, 0.15) is 12.4 Å². The molecule has 0 aliphatic carbocycles. The van der Waals surface area contributed by atoms with Gasteiger partial charge in [-0.15, -0.1) is 0 Å². The number of carbonyl (C=O) groups is 2. The highest BCUT2D eigenvalue weighted by Crippen LogP contribution is 2.16. The number of hydrogen-bond donors (Lipinski definition) is 2. The zero-order valence-corrected chi connectivity index (χ0v) is 14.5. The molecule has 6 nitrogen and oxygen atoms in total. The van der Waals surface area contributed by atoms with Crippen LogP contribution < -0.4 is 10.6 Å². The monoisotopic (exact) mass is 330 g/mol. The molecule has 0 unspecified atom stereocenters. The lowest BCUT2D eigenvalue weighted by Gasteiger charge is -2.10. The Bertz CT molecular complexity index is 693. The second-order valence-electron chi connectivity index (χ2n) is 5.80. The number of benzene rings is 1. The van der Waals surface area contributed by atoms with Crippen molar-refractivity contribution < 1.29 is 9.59 Å². The maximum Gasteiger partial charge on any atom is 0.240 e. The van der Waals surface area contributed by atoms with Crippen molar-refractivity contribution in [1.29, 1.82) is 0 Å². The van der Waals surface area contributed by atoms with Gasteiger partial charge in [0.15, 0.2) is 0 Å². The minimum Gasteiger partial charge on any atom is -0.356 e. The van der Waals surface area contributed by atoms with Crippen molar-refractivity contribution in [2.24, 2.45) is 0 Å². The lowest BCUT2D eigenvalue weighted by atomic mass is 10.3. The van der Waals surface area contributed by atoms with Crippen molar-refractivity contribution >= 4 is 22.8 Å². The predicted octanol–water partition coefficient (Wildman–Crippen LogP) is 2.02. The summed E-state index contributed by atoms with van der Waals surface area (Å²) in [5.74, 6) is 0.858. The quantitative estimate of drug-likeness (QED) is 0.738. The summed E-state index contributed by atoms with van der Waals surface area (Å²) in [5.41, 5.74) is 1.81. The highest BCUT2D eigenvalue weighted by atomic mass is 16.2. The minimum atomic E-state index is -0.0173. The first-order valence-corrected chi connectivity index (χ1v) is 8.63. The first kappa shape index (κ1) is 18.0.